The minimum atomic E-state index is -2.58. The fourth-order valence-corrected chi connectivity index (χ4v) is 5.00. The summed E-state index contributed by atoms with van der Waals surface area (Å²) in [6, 6.07) is 10.5. The molecule has 10 heteroatoms. The Morgan fingerprint density at radius 1 is 1.33 bits per heavy atom. The van der Waals surface area contributed by atoms with Crippen LogP contribution in [0.25, 0.3) is 0 Å². The summed E-state index contributed by atoms with van der Waals surface area (Å²) in [6.07, 6.45) is -0.933. The summed E-state index contributed by atoms with van der Waals surface area (Å²) in [5, 5.41) is 11.7. The van der Waals surface area contributed by atoms with E-state index in [0.717, 1.165) is 18.4 Å². The molecule has 0 aliphatic heterocycles. The quantitative estimate of drug-likeness (QED) is 0.262. The summed E-state index contributed by atoms with van der Waals surface area (Å²) in [4.78, 5) is 0. The Morgan fingerprint density at radius 2 is 2.00 bits per heavy atom. The van der Waals surface area contributed by atoms with Crippen molar-refractivity contribution in [1.29, 1.82) is 5.41 Å². The van der Waals surface area contributed by atoms with Gasteiger partial charge in [-0.15, -0.1) is 0 Å². The van der Waals surface area contributed by atoms with Crippen molar-refractivity contribution in [3.05, 3.63) is 57.0 Å². The number of methoxy groups -OCH3 is 1. The van der Waals surface area contributed by atoms with E-state index in [1.165, 1.54) is 4.31 Å². The lowest BCUT2D eigenvalue weighted by atomic mass is 10.1. The molecule has 0 saturated heterocycles. The predicted octanol–water partition coefficient (Wildman–Crippen LogP) is 5.44. The highest BCUT2D eigenvalue weighted by molar-refractivity contribution is 9.10. The van der Waals surface area contributed by atoms with E-state index in [2.05, 4.69) is 21.2 Å². The molecule has 1 saturated carbocycles. The van der Waals surface area contributed by atoms with Crippen molar-refractivity contribution in [1.82, 2.24) is 4.31 Å². The van der Waals surface area contributed by atoms with E-state index >= 15 is 0 Å². The van der Waals surface area contributed by atoms with Crippen LogP contribution < -0.4 is 10.1 Å². The molecule has 0 aromatic heterocycles. The van der Waals surface area contributed by atoms with Gasteiger partial charge in [0.25, 0.3) is 6.43 Å². The van der Waals surface area contributed by atoms with Gasteiger partial charge in [0.05, 0.1) is 47.8 Å². The van der Waals surface area contributed by atoms with Crippen molar-refractivity contribution in [2.24, 2.45) is 0 Å². The second-order valence-corrected chi connectivity index (χ2v) is 9.68. The molecular formula is C20H21BrClF2N3O2S. The zero-order valence-electron chi connectivity index (χ0n) is 16.1. The highest BCUT2D eigenvalue weighted by atomic mass is 79.9. The van der Waals surface area contributed by atoms with E-state index in [1.54, 1.807) is 31.4 Å². The molecule has 1 fully saturated rings. The topological polar surface area (TPSA) is 71.4 Å². The number of benzene rings is 2. The zero-order valence-corrected chi connectivity index (χ0v) is 19.3. The van der Waals surface area contributed by atoms with Crippen LogP contribution in [0.4, 0.5) is 14.5 Å². The number of amidine groups is 1. The molecule has 5 nitrogen and oxygen atoms in total. The van der Waals surface area contributed by atoms with Crippen molar-refractivity contribution >= 4 is 50.4 Å². The lowest BCUT2D eigenvalue weighted by Crippen LogP contribution is -2.39. The smallest absolute Gasteiger partial charge is 0.255 e. The van der Waals surface area contributed by atoms with E-state index in [0.29, 0.717) is 10.2 Å². The number of ether oxygens (including phenoxy) is 1. The first-order valence-corrected chi connectivity index (χ1v) is 11.6. The van der Waals surface area contributed by atoms with Crippen molar-refractivity contribution in [3.8, 4) is 5.75 Å². The molecular weight excluding hydrogens is 500 g/mol. The van der Waals surface area contributed by atoms with Crippen LogP contribution in [0.15, 0.2) is 40.9 Å². The summed E-state index contributed by atoms with van der Waals surface area (Å²) < 4.78 is 45.8. The minimum Gasteiger partial charge on any atom is -0.593 e. The molecule has 2 aromatic rings. The third-order valence-electron chi connectivity index (χ3n) is 4.53. The number of rotatable bonds is 9. The number of halogens is 4. The van der Waals surface area contributed by atoms with Gasteiger partial charge in [-0.1, -0.05) is 23.7 Å². The van der Waals surface area contributed by atoms with Crippen molar-refractivity contribution < 1.29 is 18.1 Å². The van der Waals surface area contributed by atoms with Gasteiger partial charge >= 0.3 is 0 Å². The fraction of sp³-hybridized carbons (Fsp3) is 0.350. The molecule has 3 rings (SSSR count). The second-order valence-electron chi connectivity index (χ2n) is 6.76. The maximum Gasteiger partial charge on any atom is 0.255 e. The van der Waals surface area contributed by atoms with Gasteiger partial charge in [0.2, 0.25) is 0 Å². The number of hydrogen-bond donors (Lipinski definition) is 2. The lowest BCUT2D eigenvalue weighted by Gasteiger charge is -2.28. The number of nitrogens with zero attached hydrogens (tertiary/aromatic N) is 1. The third-order valence-corrected chi connectivity index (χ3v) is 7.30. The van der Waals surface area contributed by atoms with Crippen molar-refractivity contribution in [2.45, 2.75) is 31.1 Å². The normalized spacial score (nSPS) is 14.5. The molecule has 0 spiro atoms. The van der Waals surface area contributed by atoms with Crippen LogP contribution in [0.3, 0.4) is 0 Å². The van der Waals surface area contributed by atoms with Gasteiger partial charge in [0.15, 0.2) is 5.84 Å². The van der Waals surface area contributed by atoms with E-state index in [4.69, 9.17) is 21.7 Å². The van der Waals surface area contributed by atoms with Gasteiger partial charge < -0.3 is 14.6 Å². The highest BCUT2D eigenvalue weighted by Crippen LogP contribution is 2.37. The standard InChI is InChI=1S/C20H21BrClF2N3O2S/c1-29-13-4-2-12(3-5-13)11-27(30(28)14-6-7-14)20(25)18-16(22)9-8-15(21)19(18)26-10-17(23)24/h2-5,8-9,14,17,25-26H,6-7,10-11H2,1H3. The molecule has 30 heavy (non-hydrogen) atoms. The van der Waals surface area contributed by atoms with Gasteiger partial charge in [0, 0.05) is 17.3 Å². The molecule has 0 amide bonds. The first-order chi connectivity index (χ1) is 14.3. The first kappa shape index (κ1) is 23.1. The second kappa shape index (κ2) is 10.2. The number of nitrogens with one attached hydrogen (secondary N) is 2. The Balaban J connectivity index is 1.95. The maximum atomic E-state index is 13.1. The van der Waals surface area contributed by atoms with Crippen LogP contribution in [0.1, 0.15) is 24.0 Å². The molecule has 2 N–H and O–H groups in total. The number of anilines is 1. The van der Waals surface area contributed by atoms with Gasteiger partial charge in [0.1, 0.15) is 11.0 Å². The highest BCUT2D eigenvalue weighted by Gasteiger charge is 2.41. The summed E-state index contributed by atoms with van der Waals surface area (Å²) >= 11 is 8.26. The zero-order chi connectivity index (χ0) is 21.8. The van der Waals surface area contributed by atoms with Gasteiger partial charge in [-0.25, -0.2) is 8.78 Å². The molecule has 1 atom stereocenters. The first-order valence-electron chi connectivity index (χ1n) is 9.22. The maximum absolute atomic E-state index is 13.1. The Morgan fingerprint density at radius 3 is 2.57 bits per heavy atom. The van der Waals surface area contributed by atoms with Crippen LogP contribution in [0.5, 0.6) is 5.75 Å². The van der Waals surface area contributed by atoms with Crippen LogP contribution in [0, 0.1) is 5.41 Å². The number of hydrogen-bond acceptors (Lipinski definition) is 4. The van der Waals surface area contributed by atoms with Crippen LogP contribution in [-0.4, -0.2) is 40.0 Å². The van der Waals surface area contributed by atoms with Gasteiger partial charge in [-0.2, -0.15) is 4.31 Å². The predicted molar refractivity (Wildman–Crippen MR) is 120 cm³/mol. The Bertz CT molecular complexity index is 900. The van der Waals surface area contributed by atoms with E-state index < -0.39 is 24.3 Å². The summed E-state index contributed by atoms with van der Waals surface area (Å²) in [5.41, 5.74) is 1.34. The van der Waals surface area contributed by atoms with Crippen LogP contribution in [0.2, 0.25) is 5.02 Å². The summed E-state index contributed by atoms with van der Waals surface area (Å²) in [7, 11) is 1.57. The average molecular weight is 521 g/mol. The van der Waals surface area contributed by atoms with E-state index in [9.17, 15) is 13.3 Å². The average Bonchev–Trinajstić information content (AvgIpc) is 3.57. The molecule has 0 bridgehead atoms. The van der Waals surface area contributed by atoms with Gasteiger partial charge in [-0.3, -0.25) is 5.41 Å². The lowest BCUT2D eigenvalue weighted by molar-refractivity contribution is 0.163. The molecule has 1 unspecified atom stereocenters. The largest absolute Gasteiger partial charge is 0.593 e. The Labute approximate surface area is 190 Å². The molecule has 1 aliphatic carbocycles. The molecule has 0 radical (unpaired) electrons. The summed E-state index contributed by atoms with van der Waals surface area (Å²) in [5.74, 6) is 0.608. The fourth-order valence-electron chi connectivity index (χ4n) is 2.84. The molecule has 2 aromatic carbocycles. The van der Waals surface area contributed by atoms with Crippen LogP contribution in [-0.2, 0) is 17.9 Å². The Kier molecular flexibility index (Phi) is 7.84. The number of alkyl halides is 2. The third kappa shape index (κ3) is 5.57. The SMILES string of the molecule is COc1ccc(CN(C(=N)c2c(Cl)ccc(Br)c2NCC(F)F)[S+]([O-])C2CC2)cc1. The van der Waals surface area contributed by atoms with E-state index in [1.807, 2.05) is 12.1 Å². The van der Waals surface area contributed by atoms with Crippen molar-refractivity contribution in [3.63, 3.8) is 0 Å². The minimum absolute atomic E-state index is 0.0213. The molecule has 162 valence electrons. The van der Waals surface area contributed by atoms with Gasteiger partial charge in [-0.05, 0) is 45.8 Å². The Hall–Kier alpha value is -1.55. The van der Waals surface area contributed by atoms with Crippen LogP contribution >= 0.6 is 27.5 Å². The monoisotopic (exact) mass is 519 g/mol. The van der Waals surface area contributed by atoms with Crippen molar-refractivity contribution in [2.75, 3.05) is 19.0 Å². The summed E-state index contributed by atoms with van der Waals surface area (Å²) in [6.45, 7) is -0.382. The molecule has 0 heterocycles. The molecule has 1 aliphatic rings. The van der Waals surface area contributed by atoms with E-state index in [-0.39, 0.29) is 33.9 Å².